The molecule has 1 aliphatic heterocycles. The lowest BCUT2D eigenvalue weighted by atomic mass is 10.1. The van der Waals surface area contributed by atoms with Gasteiger partial charge in [-0.05, 0) is 43.7 Å². The number of nitrogens with one attached hydrogen (secondary N) is 1. The van der Waals surface area contributed by atoms with Gasteiger partial charge in [0, 0.05) is 23.9 Å². The third kappa shape index (κ3) is 4.86. The fourth-order valence-electron chi connectivity index (χ4n) is 3.26. The summed E-state index contributed by atoms with van der Waals surface area (Å²) in [5, 5.41) is 3.43. The Morgan fingerprint density at radius 1 is 1.26 bits per heavy atom. The molecule has 1 aromatic heterocycles. The highest BCUT2D eigenvalue weighted by Crippen LogP contribution is 2.37. The van der Waals surface area contributed by atoms with E-state index in [0.717, 1.165) is 21.9 Å². The van der Waals surface area contributed by atoms with E-state index in [9.17, 15) is 9.59 Å². The molecular formula is C23H23N3O4S. The van der Waals surface area contributed by atoms with Crippen molar-refractivity contribution in [1.29, 1.82) is 0 Å². The summed E-state index contributed by atoms with van der Waals surface area (Å²) in [6, 6.07) is 15.2. The van der Waals surface area contributed by atoms with Crippen molar-refractivity contribution in [3.8, 4) is 22.8 Å². The average Bonchev–Trinajstić information content (AvgIpc) is 3.14. The molecule has 0 aliphatic carbocycles. The van der Waals surface area contributed by atoms with E-state index < -0.39 is 0 Å². The van der Waals surface area contributed by atoms with Crippen LogP contribution in [-0.4, -0.2) is 37.1 Å². The maximum atomic E-state index is 12.3. The smallest absolute Gasteiger partial charge is 0.264 e. The number of fused-ring (bicyclic) bond motifs is 1. The minimum atomic E-state index is -0.0962. The molecule has 0 bridgehead atoms. The first-order valence-electron chi connectivity index (χ1n) is 10.00. The molecule has 3 aromatic rings. The molecule has 0 unspecified atom stereocenters. The second kappa shape index (κ2) is 9.18. The Hall–Kier alpha value is -3.39. The molecule has 31 heavy (non-hydrogen) atoms. The molecule has 160 valence electrons. The van der Waals surface area contributed by atoms with Crippen molar-refractivity contribution < 1.29 is 19.1 Å². The molecule has 0 saturated heterocycles. The Morgan fingerprint density at radius 2 is 2.06 bits per heavy atom. The molecule has 8 heteroatoms. The normalized spacial score (nSPS) is 12.8. The van der Waals surface area contributed by atoms with Crippen LogP contribution in [0.5, 0.6) is 11.5 Å². The van der Waals surface area contributed by atoms with Gasteiger partial charge in [0.05, 0.1) is 18.0 Å². The Morgan fingerprint density at radius 3 is 2.87 bits per heavy atom. The third-order valence-corrected chi connectivity index (χ3v) is 5.81. The summed E-state index contributed by atoms with van der Waals surface area (Å²) in [5.74, 6) is 1.28. The number of amides is 2. The van der Waals surface area contributed by atoms with Crippen LogP contribution in [0.2, 0.25) is 0 Å². The van der Waals surface area contributed by atoms with Gasteiger partial charge in [0.2, 0.25) is 5.91 Å². The topological polar surface area (TPSA) is 80.8 Å². The molecule has 0 saturated carbocycles. The standard InChI is InChI=1S/C23H23N3O4S/c1-15-22(16-10-11-19-18(13-16)26(2)21(28)14-30-19)25-23(31-15)24-20(27)9-6-12-29-17-7-4-3-5-8-17/h3-5,7-8,10-11,13H,6,9,12,14H2,1-2H3,(H,24,25,27). The highest BCUT2D eigenvalue weighted by Gasteiger charge is 2.23. The van der Waals surface area contributed by atoms with E-state index in [-0.39, 0.29) is 18.4 Å². The third-order valence-electron chi connectivity index (χ3n) is 4.92. The number of benzene rings is 2. The van der Waals surface area contributed by atoms with Gasteiger partial charge in [-0.3, -0.25) is 9.59 Å². The second-order valence-electron chi connectivity index (χ2n) is 7.16. The Balaban J connectivity index is 1.37. The highest BCUT2D eigenvalue weighted by atomic mass is 32.1. The van der Waals surface area contributed by atoms with E-state index in [1.807, 2.05) is 55.5 Å². The fourth-order valence-corrected chi connectivity index (χ4v) is 4.11. The summed E-state index contributed by atoms with van der Waals surface area (Å²) in [7, 11) is 1.73. The van der Waals surface area contributed by atoms with Crippen LogP contribution in [0, 0.1) is 6.92 Å². The molecule has 0 atom stereocenters. The Kier molecular flexibility index (Phi) is 6.18. The summed E-state index contributed by atoms with van der Waals surface area (Å²) in [5.41, 5.74) is 2.36. The minimum absolute atomic E-state index is 0.0468. The number of carbonyl (C=O) groups is 2. The van der Waals surface area contributed by atoms with E-state index in [0.29, 0.717) is 36.0 Å². The van der Waals surface area contributed by atoms with Crippen molar-refractivity contribution in [2.75, 3.05) is 30.5 Å². The molecule has 2 aromatic carbocycles. The number of hydrogen-bond acceptors (Lipinski definition) is 6. The summed E-state index contributed by atoms with van der Waals surface area (Å²) in [6.07, 6.45) is 0.965. The summed E-state index contributed by atoms with van der Waals surface area (Å²) in [4.78, 5) is 31.4. The molecule has 1 aliphatic rings. The van der Waals surface area contributed by atoms with Crippen LogP contribution in [-0.2, 0) is 9.59 Å². The van der Waals surface area contributed by atoms with Crippen LogP contribution in [0.15, 0.2) is 48.5 Å². The lowest BCUT2D eigenvalue weighted by Gasteiger charge is -2.26. The predicted molar refractivity (Wildman–Crippen MR) is 121 cm³/mol. The van der Waals surface area contributed by atoms with E-state index in [1.165, 1.54) is 11.3 Å². The molecule has 1 N–H and O–H groups in total. The van der Waals surface area contributed by atoms with E-state index in [4.69, 9.17) is 9.47 Å². The van der Waals surface area contributed by atoms with Crippen molar-refractivity contribution >= 4 is 34.0 Å². The van der Waals surface area contributed by atoms with Crippen LogP contribution in [0.4, 0.5) is 10.8 Å². The van der Waals surface area contributed by atoms with Crippen LogP contribution >= 0.6 is 11.3 Å². The monoisotopic (exact) mass is 437 g/mol. The first-order valence-corrected chi connectivity index (χ1v) is 10.8. The van der Waals surface area contributed by atoms with Crippen LogP contribution in [0.3, 0.4) is 0 Å². The first kappa shape index (κ1) is 20.9. The quantitative estimate of drug-likeness (QED) is 0.558. The number of thiazole rings is 1. The zero-order chi connectivity index (χ0) is 21.8. The zero-order valence-electron chi connectivity index (χ0n) is 17.4. The number of likely N-dealkylation sites (N-methyl/N-ethyl adjacent to an activating group) is 1. The maximum absolute atomic E-state index is 12.3. The van der Waals surface area contributed by atoms with Gasteiger partial charge in [-0.2, -0.15) is 0 Å². The Labute approximate surface area is 184 Å². The van der Waals surface area contributed by atoms with E-state index >= 15 is 0 Å². The SMILES string of the molecule is Cc1sc(NC(=O)CCCOc2ccccc2)nc1-c1ccc2c(c1)N(C)C(=O)CO2. The van der Waals surface area contributed by atoms with Crippen LogP contribution < -0.4 is 19.7 Å². The number of carbonyl (C=O) groups excluding carboxylic acids is 2. The predicted octanol–water partition coefficient (Wildman–Crippen LogP) is 4.27. The zero-order valence-corrected chi connectivity index (χ0v) is 18.2. The largest absolute Gasteiger partial charge is 0.494 e. The Bertz CT molecular complexity index is 1100. The molecule has 0 fully saturated rings. The number of ether oxygens (including phenoxy) is 2. The van der Waals surface area contributed by atoms with Gasteiger partial charge in [0.15, 0.2) is 11.7 Å². The minimum Gasteiger partial charge on any atom is -0.494 e. The van der Waals surface area contributed by atoms with Gasteiger partial charge in [-0.15, -0.1) is 11.3 Å². The van der Waals surface area contributed by atoms with Gasteiger partial charge < -0.3 is 19.7 Å². The van der Waals surface area contributed by atoms with Crippen LogP contribution in [0.1, 0.15) is 17.7 Å². The molecular weight excluding hydrogens is 414 g/mol. The van der Waals surface area contributed by atoms with Crippen molar-refractivity contribution in [3.63, 3.8) is 0 Å². The molecule has 4 rings (SSSR count). The van der Waals surface area contributed by atoms with Gasteiger partial charge in [0.1, 0.15) is 11.5 Å². The molecule has 0 radical (unpaired) electrons. The molecule has 2 heterocycles. The fraction of sp³-hybridized carbons (Fsp3) is 0.261. The summed E-state index contributed by atoms with van der Waals surface area (Å²) in [6.45, 7) is 2.48. The highest BCUT2D eigenvalue weighted by molar-refractivity contribution is 7.16. The lowest BCUT2D eigenvalue weighted by Crippen LogP contribution is -2.35. The number of rotatable bonds is 7. The summed E-state index contributed by atoms with van der Waals surface area (Å²) >= 11 is 1.43. The van der Waals surface area contributed by atoms with Crippen molar-refractivity contribution in [2.24, 2.45) is 0 Å². The van der Waals surface area contributed by atoms with Gasteiger partial charge in [0.25, 0.3) is 5.91 Å². The van der Waals surface area contributed by atoms with E-state index in [1.54, 1.807) is 11.9 Å². The first-order chi connectivity index (χ1) is 15.0. The van der Waals surface area contributed by atoms with Crippen molar-refractivity contribution in [3.05, 3.63) is 53.4 Å². The van der Waals surface area contributed by atoms with Crippen molar-refractivity contribution in [2.45, 2.75) is 19.8 Å². The van der Waals surface area contributed by atoms with Crippen LogP contribution in [0.25, 0.3) is 11.3 Å². The second-order valence-corrected chi connectivity index (χ2v) is 8.36. The van der Waals surface area contributed by atoms with Gasteiger partial charge in [-0.25, -0.2) is 4.98 Å². The number of hydrogen-bond donors (Lipinski definition) is 1. The number of anilines is 2. The molecule has 0 spiro atoms. The van der Waals surface area contributed by atoms with Crippen molar-refractivity contribution in [1.82, 2.24) is 4.98 Å². The number of aryl methyl sites for hydroxylation is 1. The lowest BCUT2D eigenvalue weighted by molar-refractivity contribution is -0.121. The van der Waals surface area contributed by atoms with Gasteiger partial charge >= 0.3 is 0 Å². The maximum Gasteiger partial charge on any atom is 0.264 e. The van der Waals surface area contributed by atoms with E-state index in [2.05, 4.69) is 10.3 Å². The van der Waals surface area contributed by atoms with Gasteiger partial charge in [-0.1, -0.05) is 18.2 Å². The summed E-state index contributed by atoms with van der Waals surface area (Å²) < 4.78 is 11.1. The average molecular weight is 438 g/mol. The number of para-hydroxylation sites is 1. The molecule has 7 nitrogen and oxygen atoms in total. The number of aromatic nitrogens is 1. The molecule has 2 amide bonds. The number of nitrogens with zero attached hydrogens (tertiary/aromatic N) is 2.